The van der Waals surface area contributed by atoms with Crippen LogP contribution in [0.1, 0.15) is 23.3 Å². The molecular weight excluding hydrogens is 156 g/mol. The third kappa shape index (κ3) is 1.64. The van der Waals surface area contributed by atoms with Crippen LogP contribution in [0.4, 0.5) is 0 Å². The lowest BCUT2D eigenvalue weighted by atomic mass is 10.4. The molecule has 1 heterocycles. The van der Waals surface area contributed by atoms with Crippen molar-refractivity contribution in [3.8, 4) is 0 Å². The number of oxazole rings is 1. The van der Waals surface area contributed by atoms with Crippen molar-refractivity contribution in [3.63, 3.8) is 0 Å². The number of hydrogen-bond donors (Lipinski definition) is 1. The SMILES string of the molecule is O=C(NCC1CC1)c1cocn1. The zero-order valence-electron chi connectivity index (χ0n) is 6.62. The molecule has 1 fully saturated rings. The molecule has 2 rings (SSSR count). The van der Waals surface area contributed by atoms with E-state index in [2.05, 4.69) is 14.7 Å². The second-order valence-electron chi connectivity index (χ2n) is 3.03. The Morgan fingerprint density at radius 2 is 2.58 bits per heavy atom. The van der Waals surface area contributed by atoms with E-state index >= 15 is 0 Å². The minimum Gasteiger partial charge on any atom is -0.451 e. The number of amides is 1. The second-order valence-corrected chi connectivity index (χ2v) is 3.03. The standard InChI is InChI=1S/C8H10N2O2/c11-8(7-4-12-5-10-7)9-3-6-1-2-6/h4-6H,1-3H2,(H,9,11). The molecular formula is C8H10N2O2. The first-order valence-corrected chi connectivity index (χ1v) is 4.02. The van der Waals surface area contributed by atoms with Gasteiger partial charge < -0.3 is 9.73 Å². The maximum Gasteiger partial charge on any atom is 0.273 e. The number of rotatable bonds is 3. The summed E-state index contributed by atoms with van der Waals surface area (Å²) in [4.78, 5) is 14.9. The average molecular weight is 166 g/mol. The summed E-state index contributed by atoms with van der Waals surface area (Å²) in [6.07, 6.45) is 5.08. The van der Waals surface area contributed by atoms with E-state index in [4.69, 9.17) is 0 Å². The van der Waals surface area contributed by atoms with Gasteiger partial charge in [-0.2, -0.15) is 0 Å². The zero-order valence-corrected chi connectivity index (χ0v) is 6.62. The van der Waals surface area contributed by atoms with Crippen LogP contribution < -0.4 is 5.32 Å². The molecule has 0 unspecified atom stereocenters. The number of nitrogens with zero attached hydrogens (tertiary/aromatic N) is 1. The molecule has 1 aromatic heterocycles. The lowest BCUT2D eigenvalue weighted by Gasteiger charge is -1.98. The highest BCUT2D eigenvalue weighted by molar-refractivity contribution is 5.91. The van der Waals surface area contributed by atoms with Crippen LogP contribution in [0.5, 0.6) is 0 Å². The van der Waals surface area contributed by atoms with Gasteiger partial charge in [0.25, 0.3) is 5.91 Å². The van der Waals surface area contributed by atoms with Gasteiger partial charge in [-0.15, -0.1) is 0 Å². The molecule has 64 valence electrons. The van der Waals surface area contributed by atoms with Crippen LogP contribution in [-0.2, 0) is 0 Å². The van der Waals surface area contributed by atoms with Crippen LogP contribution >= 0.6 is 0 Å². The minimum absolute atomic E-state index is 0.143. The summed E-state index contributed by atoms with van der Waals surface area (Å²) in [5.74, 6) is 0.552. The molecule has 4 heteroatoms. The molecule has 0 atom stereocenters. The Labute approximate surface area is 70.0 Å². The molecule has 0 bridgehead atoms. The Hall–Kier alpha value is -1.32. The predicted octanol–water partition coefficient (Wildman–Crippen LogP) is 0.814. The summed E-state index contributed by atoms with van der Waals surface area (Å²) in [5, 5.41) is 2.79. The van der Waals surface area contributed by atoms with Crippen molar-refractivity contribution < 1.29 is 9.21 Å². The first-order valence-electron chi connectivity index (χ1n) is 4.02. The van der Waals surface area contributed by atoms with Gasteiger partial charge in [0.1, 0.15) is 6.26 Å². The van der Waals surface area contributed by atoms with Gasteiger partial charge in [-0.25, -0.2) is 4.98 Å². The van der Waals surface area contributed by atoms with Crippen molar-refractivity contribution >= 4 is 5.91 Å². The lowest BCUT2D eigenvalue weighted by molar-refractivity contribution is 0.0947. The average Bonchev–Trinajstić information content (AvgIpc) is 2.74. The summed E-state index contributed by atoms with van der Waals surface area (Å²) in [7, 11) is 0. The fourth-order valence-electron chi connectivity index (χ4n) is 0.974. The Kier molecular flexibility index (Phi) is 1.81. The highest BCUT2D eigenvalue weighted by Gasteiger charge is 2.22. The molecule has 1 N–H and O–H groups in total. The van der Waals surface area contributed by atoms with Gasteiger partial charge in [-0.3, -0.25) is 4.79 Å². The van der Waals surface area contributed by atoms with Gasteiger partial charge >= 0.3 is 0 Å². The van der Waals surface area contributed by atoms with Crippen LogP contribution in [0.3, 0.4) is 0 Å². The third-order valence-corrected chi connectivity index (χ3v) is 1.91. The lowest BCUT2D eigenvalue weighted by Crippen LogP contribution is -2.25. The molecule has 12 heavy (non-hydrogen) atoms. The van der Waals surface area contributed by atoms with Gasteiger partial charge in [-0.1, -0.05) is 0 Å². The van der Waals surface area contributed by atoms with Crippen molar-refractivity contribution in [2.24, 2.45) is 5.92 Å². The topological polar surface area (TPSA) is 55.1 Å². The molecule has 1 amide bonds. The molecule has 0 spiro atoms. The molecule has 0 radical (unpaired) electrons. The van der Waals surface area contributed by atoms with E-state index in [0.717, 1.165) is 6.54 Å². The molecule has 4 nitrogen and oxygen atoms in total. The maximum absolute atomic E-state index is 11.2. The summed E-state index contributed by atoms with van der Waals surface area (Å²) < 4.78 is 4.69. The molecule has 0 saturated heterocycles. The van der Waals surface area contributed by atoms with Crippen molar-refractivity contribution in [3.05, 3.63) is 18.4 Å². The molecule has 0 aliphatic heterocycles. The summed E-state index contributed by atoms with van der Waals surface area (Å²) in [6, 6.07) is 0. The normalized spacial score (nSPS) is 16.0. The van der Waals surface area contributed by atoms with Crippen molar-refractivity contribution in [2.45, 2.75) is 12.8 Å². The van der Waals surface area contributed by atoms with E-state index in [1.165, 1.54) is 25.5 Å². The van der Waals surface area contributed by atoms with Gasteiger partial charge in [0.2, 0.25) is 0 Å². The molecule has 1 aliphatic carbocycles. The quantitative estimate of drug-likeness (QED) is 0.723. The predicted molar refractivity (Wildman–Crippen MR) is 41.6 cm³/mol. The first kappa shape index (κ1) is 7.34. The van der Waals surface area contributed by atoms with E-state index in [1.54, 1.807) is 0 Å². The molecule has 0 aromatic carbocycles. The maximum atomic E-state index is 11.2. The number of aromatic nitrogens is 1. The van der Waals surface area contributed by atoms with E-state index in [9.17, 15) is 4.79 Å². The largest absolute Gasteiger partial charge is 0.451 e. The van der Waals surface area contributed by atoms with Crippen molar-refractivity contribution in [2.75, 3.05) is 6.54 Å². The van der Waals surface area contributed by atoms with Gasteiger partial charge in [0, 0.05) is 6.54 Å². The Morgan fingerprint density at radius 1 is 1.75 bits per heavy atom. The van der Waals surface area contributed by atoms with E-state index in [-0.39, 0.29) is 5.91 Å². The number of nitrogens with one attached hydrogen (secondary N) is 1. The minimum atomic E-state index is -0.143. The van der Waals surface area contributed by atoms with Crippen LogP contribution in [0.25, 0.3) is 0 Å². The fraction of sp³-hybridized carbons (Fsp3) is 0.500. The van der Waals surface area contributed by atoms with Crippen LogP contribution in [0.2, 0.25) is 0 Å². The van der Waals surface area contributed by atoms with Gasteiger partial charge in [0.15, 0.2) is 12.1 Å². The third-order valence-electron chi connectivity index (χ3n) is 1.91. The van der Waals surface area contributed by atoms with Crippen molar-refractivity contribution in [1.82, 2.24) is 10.3 Å². The number of carbonyl (C=O) groups excluding carboxylic acids is 1. The van der Waals surface area contributed by atoms with Crippen LogP contribution in [-0.4, -0.2) is 17.4 Å². The molecule has 1 aromatic rings. The highest BCUT2D eigenvalue weighted by atomic mass is 16.3. The summed E-state index contributed by atoms with van der Waals surface area (Å²) in [6.45, 7) is 0.770. The van der Waals surface area contributed by atoms with E-state index in [1.807, 2.05) is 0 Å². The smallest absolute Gasteiger partial charge is 0.273 e. The zero-order chi connectivity index (χ0) is 8.39. The van der Waals surface area contributed by atoms with Gasteiger partial charge in [0.05, 0.1) is 0 Å². The highest BCUT2D eigenvalue weighted by Crippen LogP contribution is 2.27. The number of hydrogen-bond acceptors (Lipinski definition) is 3. The Balaban J connectivity index is 1.83. The number of carbonyl (C=O) groups is 1. The van der Waals surface area contributed by atoms with E-state index < -0.39 is 0 Å². The van der Waals surface area contributed by atoms with E-state index in [0.29, 0.717) is 11.6 Å². The van der Waals surface area contributed by atoms with Crippen LogP contribution in [0, 0.1) is 5.92 Å². The second kappa shape index (κ2) is 2.97. The van der Waals surface area contributed by atoms with Gasteiger partial charge in [-0.05, 0) is 18.8 Å². The Morgan fingerprint density at radius 3 is 3.17 bits per heavy atom. The van der Waals surface area contributed by atoms with Crippen LogP contribution in [0.15, 0.2) is 17.1 Å². The molecule has 1 saturated carbocycles. The fourth-order valence-corrected chi connectivity index (χ4v) is 0.974. The summed E-state index contributed by atoms with van der Waals surface area (Å²) >= 11 is 0. The monoisotopic (exact) mass is 166 g/mol. The first-order chi connectivity index (χ1) is 5.86. The Bertz CT molecular complexity index is 265. The summed E-state index contributed by atoms with van der Waals surface area (Å²) in [5.41, 5.74) is 0.357. The van der Waals surface area contributed by atoms with Crippen molar-refractivity contribution in [1.29, 1.82) is 0 Å². The molecule has 1 aliphatic rings.